The number of aliphatic hydroxyl groups excluding tert-OH is 3. The first-order valence-electron chi connectivity index (χ1n) is 30.7. The van der Waals surface area contributed by atoms with Crippen LogP contribution in [-0.4, -0.2) is 237 Å². The predicted octanol–water partition coefficient (Wildman–Crippen LogP) is 5.97. The van der Waals surface area contributed by atoms with Gasteiger partial charge in [-0.1, -0.05) is 0 Å². The molecule has 0 fully saturated rings. The molecule has 3 rings (SSSR count). The summed E-state index contributed by atoms with van der Waals surface area (Å²) in [5, 5.41) is 64.7. The van der Waals surface area contributed by atoms with E-state index in [-0.39, 0.29) is 76.7 Å². The maximum absolute atomic E-state index is 12.2. The number of Topliss-reactive ketones (excluding diaryl/α,β-unsaturated/α-hetero) is 3. The highest BCUT2D eigenvalue weighted by Crippen LogP contribution is 2.23. The minimum atomic E-state index is -2.88. The van der Waals surface area contributed by atoms with E-state index in [1.165, 1.54) is 41.5 Å². The Labute approximate surface area is 524 Å². The van der Waals surface area contributed by atoms with E-state index in [1.807, 2.05) is 46.4 Å². The topological polar surface area (TPSA) is 299 Å². The van der Waals surface area contributed by atoms with Crippen molar-refractivity contribution in [2.75, 3.05) is 132 Å². The predicted molar refractivity (Wildman–Crippen MR) is 338 cm³/mol. The van der Waals surface area contributed by atoms with Gasteiger partial charge >= 0.3 is 17.6 Å². The van der Waals surface area contributed by atoms with Gasteiger partial charge in [0, 0.05) is 88.1 Å². The summed E-state index contributed by atoms with van der Waals surface area (Å²) in [5.74, 6) is 0.581. The fourth-order valence-electron chi connectivity index (χ4n) is 8.72. The minimum absolute atomic E-state index is 0.0469. The van der Waals surface area contributed by atoms with Crippen LogP contribution < -0.4 is 19.5 Å². The number of carbonyl (C=O) groups excluding carboxylic acids is 3. The summed E-state index contributed by atoms with van der Waals surface area (Å²) in [6, 6.07) is 20.9. The molecule has 88 heavy (non-hydrogen) atoms. The van der Waals surface area contributed by atoms with Gasteiger partial charge in [-0.3, -0.25) is 19.3 Å². The van der Waals surface area contributed by atoms with Crippen molar-refractivity contribution in [3.05, 3.63) is 89.5 Å². The molecule has 25 heteroatoms. The smallest absolute Gasteiger partial charge is 0.491 e. The molecule has 502 valence electrons. The Morgan fingerprint density at radius 2 is 0.727 bits per heavy atom. The molecule has 7 N–H and O–H groups in total. The maximum Gasteiger partial charge on any atom is 0.500 e. The zero-order valence-corrected chi connectivity index (χ0v) is 56.4. The largest absolute Gasteiger partial charge is 0.500 e. The van der Waals surface area contributed by atoms with Crippen molar-refractivity contribution in [3.63, 3.8) is 0 Å². The van der Waals surface area contributed by atoms with Gasteiger partial charge < -0.3 is 90.9 Å². The average molecular weight is 1280 g/mol. The quantitative estimate of drug-likeness (QED) is 0.0195. The van der Waals surface area contributed by atoms with Gasteiger partial charge in [0.05, 0.1) is 58.0 Å². The first kappa shape index (κ1) is 79.9. The van der Waals surface area contributed by atoms with Gasteiger partial charge in [0.2, 0.25) is 0 Å². The Bertz CT molecular complexity index is 2210. The van der Waals surface area contributed by atoms with Crippen molar-refractivity contribution >= 4 is 35.0 Å². The number of carbonyl (C=O) groups is 3. The molecule has 0 saturated carbocycles. The molecule has 0 aliphatic carbocycles. The van der Waals surface area contributed by atoms with Crippen LogP contribution in [0.5, 0.6) is 17.2 Å². The third-order valence-corrected chi connectivity index (χ3v) is 19.0. The second-order valence-electron chi connectivity index (χ2n) is 22.1. The Morgan fingerprint density at radius 1 is 0.443 bits per heavy atom. The molecule has 3 unspecified atom stereocenters. The van der Waals surface area contributed by atoms with E-state index in [9.17, 15) is 45.0 Å². The number of nitrogens with one attached hydrogen (secondary N) is 1. The highest BCUT2D eigenvalue weighted by Gasteiger charge is 2.41. The normalized spacial score (nSPS) is 13.4. The van der Waals surface area contributed by atoms with Gasteiger partial charge in [-0.15, -0.1) is 0 Å². The van der Waals surface area contributed by atoms with Gasteiger partial charge in [0.25, 0.3) is 0 Å². The van der Waals surface area contributed by atoms with Crippen LogP contribution in [0.3, 0.4) is 0 Å². The molecule has 23 nitrogen and oxygen atoms in total. The first-order valence-corrected chi connectivity index (χ1v) is 34.6. The van der Waals surface area contributed by atoms with E-state index < -0.39 is 52.7 Å². The highest BCUT2D eigenvalue weighted by atomic mass is 28.4. The molecule has 0 amide bonds. The lowest BCUT2D eigenvalue weighted by molar-refractivity contribution is -0.0166. The summed E-state index contributed by atoms with van der Waals surface area (Å²) in [7, 11) is -5.50. The van der Waals surface area contributed by atoms with Gasteiger partial charge in [0.15, 0.2) is 17.3 Å². The monoisotopic (exact) mass is 1280 g/mol. The third-order valence-electron chi connectivity index (χ3n) is 12.7. The van der Waals surface area contributed by atoms with E-state index in [2.05, 4.69) is 5.32 Å². The van der Waals surface area contributed by atoms with Crippen molar-refractivity contribution in [2.24, 2.45) is 0 Å². The molecule has 0 saturated heterocycles. The van der Waals surface area contributed by atoms with E-state index in [0.29, 0.717) is 119 Å². The maximum atomic E-state index is 12.2. The molecule has 3 aromatic rings. The summed E-state index contributed by atoms with van der Waals surface area (Å²) in [5.41, 5.74) is -3.14. The molecular weight excluding hydrogens is 1180 g/mol. The van der Waals surface area contributed by atoms with E-state index in [0.717, 1.165) is 12.5 Å². The molecule has 0 spiro atoms. The summed E-state index contributed by atoms with van der Waals surface area (Å²) in [4.78, 5) is 38.4. The lowest BCUT2D eigenvalue weighted by Gasteiger charge is -2.31. The summed E-state index contributed by atoms with van der Waals surface area (Å²) in [6.07, 6.45) is -0.851. The standard InChI is InChI=1S/C39H63NO13Si.C24H43NO8Si/c1-8-51-54(52-9-2,53-10-3)25-11-20-40(26-32(41)28-47-21-23-49-34-16-12-30(13-17-34)36(43)38(4,5)45)27-33(42)29-48-22-24-50-35-18-14-31(15-19-35)37(44)39(6,7)46;1-6-31-34(32-7-2,33-8-3)17-9-14-25-18-21(26)19-29-15-16-30-22-12-10-20(11-13-22)23(27)24(4,5)28/h12-19,32-33,41-42,45-46H,8-11,20-29H2,1-7H3;10-13,21,25-26,28H,6-9,14-19H2,1-5H3. The number of ketones is 3. The molecule has 0 bridgehead atoms. The van der Waals surface area contributed by atoms with Crippen molar-refractivity contribution in [1.82, 2.24) is 10.2 Å². The summed E-state index contributed by atoms with van der Waals surface area (Å²) >= 11 is 0. The third kappa shape index (κ3) is 32.7. The number of rotatable bonds is 50. The number of benzene rings is 3. The van der Waals surface area contributed by atoms with Crippen LogP contribution in [-0.2, 0) is 40.8 Å². The molecule has 3 aromatic carbocycles. The molecule has 3 atom stereocenters. The van der Waals surface area contributed by atoms with Crippen LogP contribution in [0.1, 0.15) is 127 Å². The molecule has 0 heterocycles. The number of hydrogen-bond donors (Lipinski definition) is 7. The summed E-state index contributed by atoms with van der Waals surface area (Å²) in [6.45, 7) is 27.3. The zero-order chi connectivity index (χ0) is 65.7. The van der Waals surface area contributed by atoms with Gasteiger partial charge in [-0.05, 0) is 182 Å². The molecular formula is C63H106N2O21Si2. The van der Waals surface area contributed by atoms with Crippen LogP contribution in [0.25, 0.3) is 0 Å². The van der Waals surface area contributed by atoms with Crippen LogP contribution in [0.2, 0.25) is 12.1 Å². The van der Waals surface area contributed by atoms with Crippen molar-refractivity contribution in [2.45, 2.75) is 143 Å². The number of hydrogen-bond acceptors (Lipinski definition) is 23. The fourth-order valence-corrected chi connectivity index (χ4v) is 13.9. The number of ether oxygens (including phenoxy) is 6. The second-order valence-corrected chi connectivity index (χ2v) is 27.6. The van der Waals surface area contributed by atoms with Crippen molar-refractivity contribution in [3.8, 4) is 17.2 Å². The number of aliphatic hydroxyl groups is 6. The average Bonchev–Trinajstić information content (AvgIpc) is 3.28. The molecule has 0 radical (unpaired) electrons. The molecule has 0 aromatic heterocycles. The Hall–Kier alpha value is -4.18. The van der Waals surface area contributed by atoms with Gasteiger partial charge in [0.1, 0.15) is 53.9 Å². The van der Waals surface area contributed by atoms with Crippen molar-refractivity contribution < 1.29 is 100.0 Å². The SMILES string of the molecule is CCO[Si](CCCN(CC(O)COCCOc1ccc(C(=O)C(C)(C)O)cc1)CC(O)COCCOc1ccc(C(=O)C(C)(C)O)cc1)(OCC)OCC.CCO[Si](CCCNCC(O)COCCOc1ccc(C(=O)C(C)(C)O)cc1)(OCC)OCC. The van der Waals surface area contributed by atoms with Crippen LogP contribution in [0.4, 0.5) is 0 Å². The van der Waals surface area contributed by atoms with E-state index >= 15 is 0 Å². The van der Waals surface area contributed by atoms with Crippen molar-refractivity contribution in [1.29, 1.82) is 0 Å². The van der Waals surface area contributed by atoms with E-state index in [1.54, 1.807) is 72.8 Å². The Kier molecular flexibility index (Phi) is 38.9. The molecule has 0 aliphatic heterocycles. The highest BCUT2D eigenvalue weighted by molar-refractivity contribution is 6.61. The van der Waals surface area contributed by atoms with Gasteiger partial charge in [-0.25, -0.2) is 0 Å². The molecule has 0 aliphatic rings. The fraction of sp³-hybridized carbons (Fsp3) is 0.667. The van der Waals surface area contributed by atoms with Gasteiger partial charge in [-0.2, -0.15) is 0 Å². The second kappa shape index (κ2) is 42.8. The van der Waals surface area contributed by atoms with Crippen LogP contribution in [0.15, 0.2) is 72.8 Å². The minimum Gasteiger partial charge on any atom is -0.491 e. The Balaban J connectivity index is 0.000000667. The first-order chi connectivity index (χ1) is 41.7. The zero-order valence-electron chi connectivity index (χ0n) is 54.4. The van der Waals surface area contributed by atoms with E-state index in [4.69, 9.17) is 55.0 Å². The lowest BCUT2D eigenvalue weighted by Crippen LogP contribution is -2.47. The van der Waals surface area contributed by atoms with Crippen LogP contribution in [0, 0.1) is 0 Å². The summed E-state index contributed by atoms with van der Waals surface area (Å²) < 4.78 is 69.3. The number of nitrogens with zero attached hydrogens (tertiary/aromatic N) is 1. The lowest BCUT2D eigenvalue weighted by atomic mass is 9.97. The van der Waals surface area contributed by atoms with Crippen LogP contribution >= 0.6 is 0 Å². The Morgan fingerprint density at radius 3 is 1.01 bits per heavy atom.